The van der Waals surface area contributed by atoms with Crippen molar-refractivity contribution in [3.05, 3.63) is 53.4 Å². The average molecular weight is 676 g/mol. The van der Waals surface area contributed by atoms with E-state index in [1.807, 2.05) is 37.7 Å². The van der Waals surface area contributed by atoms with Gasteiger partial charge in [-0.25, -0.2) is 4.68 Å². The summed E-state index contributed by atoms with van der Waals surface area (Å²) < 4.78 is 54.5. The molecule has 2 aliphatic rings. The van der Waals surface area contributed by atoms with Crippen LogP contribution < -0.4 is 10.6 Å². The first kappa shape index (κ1) is 36.6. The molecule has 1 saturated carbocycles. The Bertz CT molecular complexity index is 1560. The fourth-order valence-corrected chi connectivity index (χ4v) is 6.72. The lowest BCUT2D eigenvalue weighted by molar-refractivity contribution is -0.158. The molecule has 0 spiro atoms. The number of anilines is 1. The van der Waals surface area contributed by atoms with Crippen molar-refractivity contribution in [3.8, 4) is 5.69 Å². The van der Waals surface area contributed by atoms with Crippen molar-refractivity contribution < 1.29 is 41.8 Å². The van der Waals surface area contributed by atoms with Crippen LogP contribution in [-0.2, 0) is 31.7 Å². The molecule has 2 aromatic rings. The van der Waals surface area contributed by atoms with Gasteiger partial charge in [0.15, 0.2) is 11.5 Å². The van der Waals surface area contributed by atoms with Gasteiger partial charge in [-0.2, -0.15) is 18.3 Å². The van der Waals surface area contributed by atoms with E-state index in [1.54, 1.807) is 12.1 Å². The second-order valence-corrected chi connectivity index (χ2v) is 13.6. The molecule has 1 aromatic heterocycles. The predicted molar refractivity (Wildman–Crippen MR) is 172 cm³/mol. The molecule has 0 saturated heterocycles. The first-order valence-electron chi connectivity index (χ1n) is 16.0. The topological polar surface area (TPSA) is 137 Å². The molecule has 1 fully saturated rings. The molecule has 1 aromatic carbocycles. The molecule has 11 nitrogen and oxygen atoms in total. The van der Waals surface area contributed by atoms with Crippen LogP contribution in [-0.4, -0.2) is 83.7 Å². The smallest absolute Gasteiger partial charge is 0.435 e. The standard InChI is InChI=1S/C34H44F3N5O6/c1-7-14-41(21-8-11-23(12-9-21)48-29(45)16-24(19-40(5)6)47-20(2)43)26-15-22(10-13-25(26)32(38)46)42-27-17-33(3,4)18-28(44)30(27)31(39-42)34(35,36)37/h7,10,13,15,21,23-24H,1,8-9,11-12,14,16-19H2,2-6H3,(H2,38,46). The third-order valence-corrected chi connectivity index (χ3v) is 8.62. The van der Waals surface area contributed by atoms with Gasteiger partial charge in [0, 0.05) is 32.5 Å². The summed E-state index contributed by atoms with van der Waals surface area (Å²) in [5, 5.41) is 3.91. The Balaban J connectivity index is 1.60. The van der Waals surface area contributed by atoms with Crippen molar-refractivity contribution in [2.45, 2.75) is 90.1 Å². The van der Waals surface area contributed by atoms with Crippen molar-refractivity contribution in [2.24, 2.45) is 11.1 Å². The van der Waals surface area contributed by atoms with E-state index in [0.717, 1.165) is 4.68 Å². The number of halogens is 3. The van der Waals surface area contributed by atoms with Gasteiger partial charge >= 0.3 is 18.1 Å². The highest BCUT2D eigenvalue weighted by Crippen LogP contribution is 2.42. The van der Waals surface area contributed by atoms with Crippen LogP contribution in [0, 0.1) is 5.41 Å². The number of amides is 1. The number of ketones is 1. The number of rotatable bonds is 12. The SMILES string of the molecule is C=CCN(c1cc(-n2nc(C(F)(F)F)c3c2CC(C)(C)CC3=O)ccc1C(N)=O)C1CCC(OC(=O)CC(CN(C)C)OC(C)=O)CC1. The molecule has 1 heterocycles. The summed E-state index contributed by atoms with van der Waals surface area (Å²) in [4.78, 5) is 53.5. The number of nitrogens with two attached hydrogens (primary N) is 1. The lowest BCUT2D eigenvalue weighted by Crippen LogP contribution is -2.41. The number of aromatic nitrogens is 2. The van der Waals surface area contributed by atoms with Crippen molar-refractivity contribution in [1.29, 1.82) is 0 Å². The third-order valence-electron chi connectivity index (χ3n) is 8.62. The van der Waals surface area contributed by atoms with Crippen LogP contribution >= 0.6 is 0 Å². The van der Waals surface area contributed by atoms with Crippen LogP contribution in [0.4, 0.5) is 18.9 Å². The van der Waals surface area contributed by atoms with E-state index in [0.29, 0.717) is 44.5 Å². The largest absolute Gasteiger partial charge is 0.462 e. The number of likely N-dealkylation sites (N-methyl/N-ethyl adjacent to an activating group) is 1. The minimum atomic E-state index is -4.84. The van der Waals surface area contributed by atoms with Crippen LogP contribution in [0.15, 0.2) is 30.9 Å². The number of hydrogen-bond donors (Lipinski definition) is 1. The normalized spacial score (nSPS) is 19.7. The fraction of sp³-hybridized carbons (Fsp3) is 0.559. The predicted octanol–water partition coefficient (Wildman–Crippen LogP) is 4.88. The minimum absolute atomic E-state index is 0.0331. The minimum Gasteiger partial charge on any atom is -0.462 e. The molecule has 1 amide bonds. The monoisotopic (exact) mass is 675 g/mol. The van der Waals surface area contributed by atoms with Crippen LogP contribution in [0.5, 0.6) is 0 Å². The van der Waals surface area contributed by atoms with E-state index >= 15 is 0 Å². The summed E-state index contributed by atoms with van der Waals surface area (Å²) in [7, 11) is 3.61. The Morgan fingerprint density at radius 2 is 1.83 bits per heavy atom. The van der Waals surface area contributed by atoms with Crippen molar-refractivity contribution >= 4 is 29.3 Å². The quantitative estimate of drug-likeness (QED) is 0.247. The van der Waals surface area contributed by atoms with E-state index in [9.17, 15) is 32.3 Å². The molecule has 262 valence electrons. The van der Waals surface area contributed by atoms with Crippen LogP contribution in [0.25, 0.3) is 5.69 Å². The second-order valence-electron chi connectivity index (χ2n) is 13.6. The van der Waals surface area contributed by atoms with Gasteiger partial charge in [0.1, 0.15) is 12.2 Å². The number of benzene rings is 1. The van der Waals surface area contributed by atoms with Crippen molar-refractivity contribution in [3.63, 3.8) is 0 Å². The number of nitrogens with zero attached hydrogens (tertiary/aromatic N) is 4. The van der Waals surface area contributed by atoms with E-state index < -0.39 is 52.6 Å². The maximum absolute atomic E-state index is 14.1. The number of primary amides is 1. The van der Waals surface area contributed by atoms with Crippen LogP contribution in [0.1, 0.15) is 91.4 Å². The first-order chi connectivity index (χ1) is 22.4. The number of esters is 2. The molecule has 2 aliphatic carbocycles. The highest BCUT2D eigenvalue weighted by atomic mass is 19.4. The number of ether oxygens (including phenoxy) is 2. The third kappa shape index (κ3) is 8.63. The van der Waals surface area contributed by atoms with Crippen molar-refractivity contribution in [1.82, 2.24) is 14.7 Å². The lowest BCUT2D eigenvalue weighted by atomic mass is 9.75. The first-order valence-corrected chi connectivity index (χ1v) is 16.0. The van der Waals surface area contributed by atoms with Crippen LogP contribution in [0.3, 0.4) is 0 Å². The molecule has 14 heteroatoms. The Morgan fingerprint density at radius 1 is 1.17 bits per heavy atom. The molecule has 0 aliphatic heterocycles. The number of fused-ring (bicyclic) bond motifs is 1. The molecule has 1 atom stereocenters. The summed E-state index contributed by atoms with van der Waals surface area (Å²) in [6.45, 7) is 9.45. The second kappa shape index (κ2) is 14.5. The number of carbonyl (C=O) groups excluding carboxylic acids is 4. The average Bonchev–Trinajstić information content (AvgIpc) is 3.35. The highest BCUT2D eigenvalue weighted by Gasteiger charge is 2.45. The maximum Gasteiger partial charge on any atom is 0.435 e. The van der Waals surface area contributed by atoms with Crippen molar-refractivity contribution in [2.75, 3.05) is 32.1 Å². The van der Waals surface area contributed by atoms with Crippen LogP contribution in [0.2, 0.25) is 0 Å². The van der Waals surface area contributed by atoms with E-state index in [4.69, 9.17) is 15.2 Å². The Kier molecular flexibility index (Phi) is 11.1. The summed E-state index contributed by atoms with van der Waals surface area (Å²) in [6.07, 6.45) is -1.94. The van der Waals surface area contributed by atoms with Gasteiger partial charge in [-0.3, -0.25) is 19.2 Å². The Morgan fingerprint density at radius 3 is 2.40 bits per heavy atom. The Labute approximate surface area is 278 Å². The van der Waals surface area contributed by atoms with Gasteiger partial charge < -0.3 is 25.0 Å². The molecule has 2 N–H and O–H groups in total. The van der Waals surface area contributed by atoms with E-state index in [1.165, 1.54) is 19.1 Å². The number of carbonyl (C=O) groups is 4. The number of hydrogen-bond acceptors (Lipinski definition) is 9. The molecule has 0 radical (unpaired) electrons. The fourth-order valence-electron chi connectivity index (χ4n) is 6.72. The number of alkyl halides is 3. The van der Waals surface area contributed by atoms with Gasteiger partial charge in [-0.05, 0) is 69.8 Å². The van der Waals surface area contributed by atoms with Gasteiger partial charge in [0.2, 0.25) is 0 Å². The molecule has 1 unspecified atom stereocenters. The summed E-state index contributed by atoms with van der Waals surface area (Å²) in [5.74, 6) is -2.29. The zero-order valence-corrected chi connectivity index (χ0v) is 28.1. The highest BCUT2D eigenvalue weighted by molar-refractivity contribution is 6.01. The molecular formula is C34H44F3N5O6. The summed E-state index contributed by atoms with van der Waals surface area (Å²) in [5.41, 5.74) is 4.53. The maximum atomic E-state index is 14.1. The zero-order valence-electron chi connectivity index (χ0n) is 28.1. The molecule has 0 bridgehead atoms. The number of Topliss-reactive ketones (excluding diaryl/α,β-unsaturated/α-hetero) is 1. The molecule has 48 heavy (non-hydrogen) atoms. The Hall–Kier alpha value is -4.20. The molecular weight excluding hydrogens is 631 g/mol. The van der Waals surface area contributed by atoms with E-state index in [-0.39, 0.29) is 48.4 Å². The van der Waals surface area contributed by atoms with Gasteiger partial charge in [-0.15, -0.1) is 6.58 Å². The van der Waals surface area contributed by atoms with E-state index in [2.05, 4.69) is 11.7 Å². The lowest BCUT2D eigenvalue weighted by Gasteiger charge is -2.38. The van der Waals surface area contributed by atoms with Gasteiger partial charge in [0.05, 0.1) is 34.6 Å². The summed E-state index contributed by atoms with van der Waals surface area (Å²) >= 11 is 0. The zero-order chi connectivity index (χ0) is 35.6. The van der Waals surface area contributed by atoms with Gasteiger partial charge in [-0.1, -0.05) is 19.9 Å². The molecule has 4 rings (SSSR count). The van der Waals surface area contributed by atoms with Gasteiger partial charge in [0.25, 0.3) is 5.91 Å². The summed E-state index contributed by atoms with van der Waals surface area (Å²) in [6, 6.07) is 4.37.